The molecule has 0 bridgehead atoms. The number of hydrogen-bond acceptors (Lipinski definition) is 2. The molecule has 96 valence electrons. The van der Waals surface area contributed by atoms with Crippen molar-refractivity contribution in [2.45, 2.75) is 6.42 Å². The Morgan fingerprint density at radius 1 is 1.26 bits per heavy atom. The molecule has 0 N–H and O–H groups in total. The van der Waals surface area contributed by atoms with E-state index in [1.807, 2.05) is 0 Å². The van der Waals surface area contributed by atoms with E-state index in [-0.39, 0.29) is 12.2 Å². The third-order valence-corrected chi connectivity index (χ3v) is 3.02. The van der Waals surface area contributed by atoms with Crippen LogP contribution in [0.4, 0.5) is 4.39 Å². The van der Waals surface area contributed by atoms with Gasteiger partial charge in [0.05, 0.1) is 19.6 Å². The van der Waals surface area contributed by atoms with Crippen molar-refractivity contribution in [1.29, 1.82) is 5.26 Å². The largest absolute Gasteiger partial charge is 0.496 e. The Morgan fingerprint density at radius 2 is 2.05 bits per heavy atom. The summed E-state index contributed by atoms with van der Waals surface area (Å²) in [5.41, 5.74) is 1.81. The number of nitrogens with zero attached hydrogens (tertiary/aromatic N) is 1. The molecule has 2 aromatic rings. The van der Waals surface area contributed by atoms with Crippen molar-refractivity contribution in [3.05, 3.63) is 52.8 Å². The predicted octanol–water partition coefficient (Wildman–Crippen LogP) is 4.22. The molecule has 2 rings (SSSR count). The van der Waals surface area contributed by atoms with Crippen molar-refractivity contribution >= 4 is 11.6 Å². The van der Waals surface area contributed by atoms with Gasteiger partial charge in [0.1, 0.15) is 11.6 Å². The predicted molar refractivity (Wildman–Crippen MR) is 72.7 cm³/mol. The molecule has 0 aliphatic rings. The second-order valence-corrected chi connectivity index (χ2v) is 4.42. The summed E-state index contributed by atoms with van der Waals surface area (Å²) in [5, 5.41) is 9.27. The molecule has 0 fully saturated rings. The minimum Gasteiger partial charge on any atom is -0.496 e. The summed E-state index contributed by atoms with van der Waals surface area (Å²) in [6.07, 6.45) is 0.208. The highest BCUT2D eigenvalue weighted by molar-refractivity contribution is 6.30. The first kappa shape index (κ1) is 13.4. The van der Waals surface area contributed by atoms with E-state index in [0.717, 1.165) is 5.56 Å². The van der Waals surface area contributed by atoms with Gasteiger partial charge in [-0.2, -0.15) is 5.26 Å². The fourth-order valence-corrected chi connectivity index (χ4v) is 2.06. The molecular weight excluding hydrogens is 265 g/mol. The van der Waals surface area contributed by atoms with E-state index >= 15 is 0 Å². The smallest absolute Gasteiger partial charge is 0.131 e. The second kappa shape index (κ2) is 5.73. The summed E-state index contributed by atoms with van der Waals surface area (Å²) in [4.78, 5) is 0. The molecule has 2 aromatic carbocycles. The van der Waals surface area contributed by atoms with Crippen molar-refractivity contribution in [1.82, 2.24) is 0 Å². The van der Waals surface area contributed by atoms with E-state index in [9.17, 15) is 4.39 Å². The van der Waals surface area contributed by atoms with Crippen LogP contribution in [0, 0.1) is 17.1 Å². The number of rotatable bonds is 3. The fraction of sp³-hybridized carbons (Fsp3) is 0.133. The van der Waals surface area contributed by atoms with Crippen molar-refractivity contribution in [3.8, 4) is 22.9 Å². The van der Waals surface area contributed by atoms with Gasteiger partial charge in [0.2, 0.25) is 0 Å². The quantitative estimate of drug-likeness (QED) is 0.840. The van der Waals surface area contributed by atoms with E-state index in [0.29, 0.717) is 21.9 Å². The molecule has 0 aromatic heterocycles. The summed E-state index contributed by atoms with van der Waals surface area (Å²) >= 11 is 5.88. The minimum absolute atomic E-state index is 0.208. The molecule has 0 heterocycles. The second-order valence-electron chi connectivity index (χ2n) is 3.99. The molecule has 0 aliphatic carbocycles. The van der Waals surface area contributed by atoms with Crippen molar-refractivity contribution in [2.75, 3.05) is 7.11 Å². The lowest BCUT2D eigenvalue weighted by Gasteiger charge is -2.09. The molecule has 0 radical (unpaired) electrons. The van der Waals surface area contributed by atoms with Gasteiger partial charge in [-0.1, -0.05) is 17.7 Å². The summed E-state index contributed by atoms with van der Waals surface area (Å²) in [6, 6.07) is 11.7. The van der Waals surface area contributed by atoms with Gasteiger partial charge in [-0.05, 0) is 35.9 Å². The standard InChI is InChI=1S/C15H11ClFNO/c1-19-15-5-2-10(8-11(15)6-7-18)13-9-12(16)3-4-14(13)17/h2-5,8-9H,6H2,1H3. The zero-order valence-corrected chi connectivity index (χ0v) is 11.0. The average Bonchev–Trinajstić information content (AvgIpc) is 2.42. The zero-order chi connectivity index (χ0) is 13.8. The molecular formula is C15H11ClFNO. The first-order valence-corrected chi connectivity index (χ1v) is 6.03. The monoisotopic (exact) mass is 275 g/mol. The number of benzene rings is 2. The number of halogens is 2. The average molecular weight is 276 g/mol. The summed E-state index contributed by atoms with van der Waals surface area (Å²) < 4.78 is 19.0. The molecule has 0 amide bonds. The van der Waals surface area contributed by atoms with Crippen molar-refractivity contribution in [2.24, 2.45) is 0 Å². The van der Waals surface area contributed by atoms with Crippen LogP contribution in [0.5, 0.6) is 5.75 Å². The maximum Gasteiger partial charge on any atom is 0.131 e. The fourth-order valence-electron chi connectivity index (χ4n) is 1.89. The lowest BCUT2D eigenvalue weighted by molar-refractivity contribution is 0.411. The number of methoxy groups -OCH3 is 1. The van der Waals surface area contributed by atoms with Gasteiger partial charge in [-0.15, -0.1) is 0 Å². The Hall–Kier alpha value is -2.05. The Balaban J connectivity index is 2.54. The molecule has 0 saturated heterocycles. The van der Waals surface area contributed by atoms with E-state index in [1.165, 1.54) is 19.2 Å². The highest BCUT2D eigenvalue weighted by Gasteiger charge is 2.09. The number of hydrogen-bond donors (Lipinski definition) is 0. The van der Waals surface area contributed by atoms with Crippen LogP contribution in [-0.2, 0) is 6.42 Å². The summed E-state index contributed by atoms with van der Waals surface area (Å²) in [5.74, 6) is 0.269. The molecule has 2 nitrogen and oxygen atoms in total. The maximum atomic E-state index is 13.8. The van der Waals surface area contributed by atoms with Gasteiger partial charge >= 0.3 is 0 Å². The van der Waals surface area contributed by atoms with E-state index in [1.54, 1.807) is 24.3 Å². The van der Waals surface area contributed by atoms with Crippen LogP contribution in [0.15, 0.2) is 36.4 Å². The first-order chi connectivity index (χ1) is 9.15. The topological polar surface area (TPSA) is 33.0 Å². The number of ether oxygens (including phenoxy) is 1. The minimum atomic E-state index is -0.350. The third kappa shape index (κ3) is 2.86. The lowest BCUT2D eigenvalue weighted by Crippen LogP contribution is -1.93. The van der Waals surface area contributed by atoms with Gasteiger partial charge < -0.3 is 4.74 Å². The molecule has 19 heavy (non-hydrogen) atoms. The Kier molecular flexibility index (Phi) is 4.03. The molecule has 0 aliphatic heterocycles. The van der Waals surface area contributed by atoms with Crippen LogP contribution >= 0.6 is 11.6 Å². The third-order valence-electron chi connectivity index (χ3n) is 2.79. The van der Waals surface area contributed by atoms with Crippen molar-refractivity contribution in [3.63, 3.8) is 0 Å². The van der Waals surface area contributed by atoms with E-state index < -0.39 is 0 Å². The zero-order valence-electron chi connectivity index (χ0n) is 10.3. The SMILES string of the molecule is COc1ccc(-c2cc(Cl)ccc2F)cc1CC#N. The Labute approximate surface area is 116 Å². The number of nitriles is 1. The molecule has 4 heteroatoms. The molecule has 0 unspecified atom stereocenters. The Bertz CT molecular complexity index is 649. The summed E-state index contributed by atoms with van der Waals surface area (Å²) in [6.45, 7) is 0. The molecule has 0 atom stereocenters. The van der Waals surface area contributed by atoms with Gasteiger partial charge in [-0.3, -0.25) is 0 Å². The van der Waals surface area contributed by atoms with Crippen LogP contribution in [0.2, 0.25) is 5.02 Å². The van der Waals surface area contributed by atoms with Gasteiger partial charge in [0.15, 0.2) is 0 Å². The Morgan fingerprint density at radius 3 is 2.74 bits per heavy atom. The normalized spacial score (nSPS) is 10.0. The van der Waals surface area contributed by atoms with Crippen molar-refractivity contribution < 1.29 is 9.13 Å². The van der Waals surface area contributed by atoms with E-state index in [2.05, 4.69) is 6.07 Å². The molecule has 0 spiro atoms. The molecule has 0 saturated carbocycles. The van der Waals surface area contributed by atoms with E-state index in [4.69, 9.17) is 21.6 Å². The van der Waals surface area contributed by atoms with Crippen LogP contribution in [0.25, 0.3) is 11.1 Å². The highest BCUT2D eigenvalue weighted by Crippen LogP contribution is 2.30. The van der Waals surface area contributed by atoms with Crippen LogP contribution in [0.3, 0.4) is 0 Å². The van der Waals surface area contributed by atoms with Gasteiger partial charge in [-0.25, -0.2) is 4.39 Å². The highest BCUT2D eigenvalue weighted by atomic mass is 35.5. The van der Waals surface area contributed by atoms with Gasteiger partial charge in [0.25, 0.3) is 0 Å². The van der Waals surface area contributed by atoms with Crippen LogP contribution in [-0.4, -0.2) is 7.11 Å². The maximum absolute atomic E-state index is 13.8. The lowest BCUT2D eigenvalue weighted by atomic mass is 10.0. The first-order valence-electron chi connectivity index (χ1n) is 5.65. The van der Waals surface area contributed by atoms with Crippen LogP contribution < -0.4 is 4.74 Å². The summed E-state index contributed by atoms with van der Waals surface area (Å²) in [7, 11) is 1.54. The van der Waals surface area contributed by atoms with Crippen LogP contribution in [0.1, 0.15) is 5.56 Å². The van der Waals surface area contributed by atoms with Gasteiger partial charge in [0, 0.05) is 16.1 Å².